The van der Waals surface area contributed by atoms with Gasteiger partial charge in [-0.2, -0.15) is 0 Å². The van der Waals surface area contributed by atoms with Gasteiger partial charge in [-0.3, -0.25) is 0 Å². The molecule has 0 saturated heterocycles. The molecule has 2 rings (SSSR count). The molecule has 17 heavy (non-hydrogen) atoms. The maximum absolute atomic E-state index is 6.16. The van der Waals surface area contributed by atoms with Gasteiger partial charge in [-0.05, 0) is 36.2 Å². The van der Waals surface area contributed by atoms with Gasteiger partial charge in [0.1, 0.15) is 0 Å². The van der Waals surface area contributed by atoms with E-state index in [4.69, 9.17) is 34.8 Å². The zero-order chi connectivity index (χ0) is 12.4. The Balaban J connectivity index is 2.34. The van der Waals surface area contributed by atoms with E-state index >= 15 is 0 Å². The third-order valence-corrected chi connectivity index (χ3v) is 3.55. The number of halogens is 3. The average molecular weight is 286 g/mol. The first kappa shape index (κ1) is 12.8. The topological polar surface area (TPSA) is 0 Å². The summed E-state index contributed by atoms with van der Waals surface area (Å²) in [5.74, 6) is 0. The number of hydrogen-bond donors (Lipinski definition) is 0. The van der Waals surface area contributed by atoms with E-state index in [2.05, 4.69) is 6.07 Å². The van der Waals surface area contributed by atoms with Crippen molar-refractivity contribution in [3.63, 3.8) is 0 Å². The van der Waals surface area contributed by atoms with Crippen LogP contribution in [0.3, 0.4) is 0 Å². The number of hydrogen-bond acceptors (Lipinski definition) is 0. The summed E-state index contributed by atoms with van der Waals surface area (Å²) < 4.78 is 0. The second-order valence-corrected chi connectivity index (χ2v) is 5.26. The standard InChI is InChI=1S/C14H11Cl3/c1-9-2-5-13(16)11(6-9)7-10-3-4-12(15)8-14(10)17/h2-6,8H,7H2,1H3. The summed E-state index contributed by atoms with van der Waals surface area (Å²) >= 11 is 18.2. The molecule has 2 aromatic carbocycles. The minimum atomic E-state index is 0.647. The van der Waals surface area contributed by atoms with Crippen molar-refractivity contribution in [2.45, 2.75) is 13.3 Å². The van der Waals surface area contributed by atoms with Crippen molar-refractivity contribution >= 4 is 34.8 Å². The van der Waals surface area contributed by atoms with E-state index in [0.29, 0.717) is 10.0 Å². The van der Waals surface area contributed by atoms with Crippen LogP contribution in [-0.4, -0.2) is 0 Å². The van der Waals surface area contributed by atoms with Crippen LogP contribution in [0.4, 0.5) is 0 Å². The van der Waals surface area contributed by atoms with Gasteiger partial charge in [0.2, 0.25) is 0 Å². The van der Waals surface area contributed by atoms with Crippen LogP contribution in [0.25, 0.3) is 0 Å². The summed E-state index contributed by atoms with van der Waals surface area (Å²) in [5, 5.41) is 2.09. The molecule has 0 bridgehead atoms. The summed E-state index contributed by atoms with van der Waals surface area (Å²) in [4.78, 5) is 0. The van der Waals surface area contributed by atoms with E-state index in [1.54, 1.807) is 6.07 Å². The van der Waals surface area contributed by atoms with Crippen molar-refractivity contribution in [3.8, 4) is 0 Å². The highest BCUT2D eigenvalue weighted by molar-refractivity contribution is 6.35. The third-order valence-electron chi connectivity index (χ3n) is 2.60. The van der Waals surface area contributed by atoms with Crippen molar-refractivity contribution in [2.75, 3.05) is 0 Å². The fourth-order valence-corrected chi connectivity index (χ4v) is 2.37. The largest absolute Gasteiger partial charge is 0.0843 e. The Kier molecular flexibility index (Phi) is 3.98. The second kappa shape index (κ2) is 5.30. The van der Waals surface area contributed by atoms with E-state index in [-0.39, 0.29) is 0 Å². The Labute approximate surface area is 116 Å². The Morgan fingerprint density at radius 3 is 2.29 bits per heavy atom. The Hall–Kier alpha value is -0.690. The molecule has 0 fully saturated rings. The molecule has 0 unspecified atom stereocenters. The van der Waals surface area contributed by atoms with Crippen LogP contribution in [0.2, 0.25) is 15.1 Å². The van der Waals surface area contributed by atoms with Gasteiger partial charge < -0.3 is 0 Å². The molecule has 2 aromatic rings. The highest BCUT2D eigenvalue weighted by Gasteiger charge is 2.06. The maximum Gasteiger partial charge on any atom is 0.0456 e. The van der Waals surface area contributed by atoms with Crippen LogP contribution in [0.1, 0.15) is 16.7 Å². The molecule has 0 aliphatic rings. The molecule has 0 aliphatic heterocycles. The lowest BCUT2D eigenvalue weighted by Crippen LogP contribution is -1.91. The summed E-state index contributed by atoms with van der Waals surface area (Å²) in [6, 6.07) is 11.5. The molecular formula is C14H11Cl3. The molecule has 0 atom stereocenters. The van der Waals surface area contributed by atoms with Crippen molar-refractivity contribution in [3.05, 3.63) is 68.2 Å². The van der Waals surface area contributed by atoms with Gasteiger partial charge >= 0.3 is 0 Å². The van der Waals surface area contributed by atoms with E-state index in [9.17, 15) is 0 Å². The minimum Gasteiger partial charge on any atom is -0.0843 e. The minimum absolute atomic E-state index is 0.647. The molecule has 0 saturated carbocycles. The van der Waals surface area contributed by atoms with Crippen LogP contribution in [-0.2, 0) is 6.42 Å². The van der Waals surface area contributed by atoms with E-state index in [1.807, 2.05) is 31.2 Å². The first-order valence-electron chi connectivity index (χ1n) is 5.25. The zero-order valence-electron chi connectivity index (χ0n) is 9.31. The molecule has 0 heterocycles. The number of benzene rings is 2. The SMILES string of the molecule is Cc1ccc(Cl)c(Cc2ccc(Cl)cc2Cl)c1. The normalized spacial score (nSPS) is 10.6. The molecule has 0 radical (unpaired) electrons. The van der Waals surface area contributed by atoms with Crippen molar-refractivity contribution in [1.82, 2.24) is 0 Å². The summed E-state index contributed by atoms with van der Waals surface area (Å²) in [6.07, 6.45) is 0.719. The smallest absolute Gasteiger partial charge is 0.0456 e. The Morgan fingerprint density at radius 2 is 1.59 bits per heavy atom. The van der Waals surface area contributed by atoms with Crippen LogP contribution in [0.15, 0.2) is 36.4 Å². The first-order chi connectivity index (χ1) is 8.06. The molecule has 0 N–H and O–H groups in total. The average Bonchev–Trinajstić information content (AvgIpc) is 2.27. The van der Waals surface area contributed by atoms with Crippen LogP contribution >= 0.6 is 34.8 Å². The fraction of sp³-hybridized carbons (Fsp3) is 0.143. The van der Waals surface area contributed by atoms with Gasteiger partial charge in [0.25, 0.3) is 0 Å². The monoisotopic (exact) mass is 284 g/mol. The van der Waals surface area contributed by atoms with Gasteiger partial charge in [-0.15, -0.1) is 0 Å². The van der Waals surface area contributed by atoms with Crippen molar-refractivity contribution in [1.29, 1.82) is 0 Å². The Morgan fingerprint density at radius 1 is 0.824 bits per heavy atom. The van der Waals surface area contributed by atoms with E-state index < -0.39 is 0 Å². The molecule has 3 heteroatoms. The van der Waals surface area contributed by atoms with Crippen molar-refractivity contribution < 1.29 is 0 Å². The lowest BCUT2D eigenvalue weighted by atomic mass is 10.0. The lowest BCUT2D eigenvalue weighted by molar-refractivity contribution is 1.18. The second-order valence-electron chi connectivity index (χ2n) is 4.01. The molecule has 0 spiro atoms. The zero-order valence-corrected chi connectivity index (χ0v) is 11.6. The lowest BCUT2D eigenvalue weighted by Gasteiger charge is -2.08. The van der Waals surface area contributed by atoms with Crippen LogP contribution < -0.4 is 0 Å². The highest BCUT2D eigenvalue weighted by atomic mass is 35.5. The molecule has 0 aromatic heterocycles. The van der Waals surface area contributed by atoms with Crippen molar-refractivity contribution in [2.24, 2.45) is 0 Å². The predicted molar refractivity (Wildman–Crippen MR) is 75.5 cm³/mol. The fourth-order valence-electron chi connectivity index (χ4n) is 1.71. The quantitative estimate of drug-likeness (QED) is 0.679. The van der Waals surface area contributed by atoms with Gasteiger partial charge in [0.05, 0.1) is 0 Å². The molecule has 88 valence electrons. The van der Waals surface area contributed by atoms with Gasteiger partial charge in [-0.1, -0.05) is 58.6 Å². The van der Waals surface area contributed by atoms with Gasteiger partial charge in [0, 0.05) is 21.5 Å². The van der Waals surface area contributed by atoms with Crippen LogP contribution in [0, 0.1) is 6.92 Å². The number of aryl methyl sites for hydroxylation is 1. The van der Waals surface area contributed by atoms with E-state index in [1.165, 1.54) is 5.56 Å². The maximum atomic E-state index is 6.16. The molecule has 0 amide bonds. The Bertz CT molecular complexity index is 547. The first-order valence-corrected chi connectivity index (χ1v) is 6.38. The number of rotatable bonds is 2. The molecular weight excluding hydrogens is 275 g/mol. The van der Waals surface area contributed by atoms with E-state index in [0.717, 1.165) is 22.6 Å². The summed E-state index contributed by atoms with van der Waals surface area (Å²) in [7, 11) is 0. The summed E-state index contributed by atoms with van der Waals surface area (Å²) in [5.41, 5.74) is 3.30. The van der Waals surface area contributed by atoms with Crippen LogP contribution in [0.5, 0.6) is 0 Å². The van der Waals surface area contributed by atoms with Gasteiger partial charge in [0.15, 0.2) is 0 Å². The molecule has 0 nitrogen and oxygen atoms in total. The summed E-state index contributed by atoms with van der Waals surface area (Å²) in [6.45, 7) is 2.04. The molecule has 0 aliphatic carbocycles. The predicted octanol–water partition coefficient (Wildman–Crippen LogP) is 5.55. The third kappa shape index (κ3) is 3.16. The van der Waals surface area contributed by atoms with Gasteiger partial charge in [-0.25, -0.2) is 0 Å². The highest BCUT2D eigenvalue weighted by Crippen LogP contribution is 2.26.